The van der Waals surface area contributed by atoms with Gasteiger partial charge < -0.3 is 22.9 Å². The van der Waals surface area contributed by atoms with E-state index in [-0.39, 0.29) is 0 Å². The van der Waals surface area contributed by atoms with E-state index in [4.69, 9.17) is 32.0 Å². The van der Waals surface area contributed by atoms with Crippen molar-refractivity contribution in [1.82, 2.24) is 0 Å². The summed E-state index contributed by atoms with van der Waals surface area (Å²) in [5.41, 5.74) is 22.0. The van der Waals surface area contributed by atoms with Crippen molar-refractivity contribution < 1.29 is 13.6 Å². The van der Waals surface area contributed by atoms with E-state index < -0.39 is 20.7 Å². The molecule has 0 fully saturated rings. The largest absolute Gasteiger partial charge is 0.330 e. The SMILES string of the molecule is NCCCCC(N)O[PH](=O)OC(N)CCCCN. The van der Waals surface area contributed by atoms with Gasteiger partial charge in [0.05, 0.1) is 0 Å². The summed E-state index contributed by atoms with van der Waals surface area (Å²) in [6, 6.07) is 0. The standard InChI is InChI=1S/C10H27N4O3P/c11-7-3-1-5-9(13)16-18(15)17-10(14)6-2-4-8-12/h9-10,18H,1-8,11-14H2. The number of rotatable bonds is 12. The highest BCUT2D eigenvalue weighted by Gasteiger charge is 2.11. The van der Waals surface area contributed by atoms with Gasteiger partial charge in [-0.25, -0.2) is 0 Å². The molecule has 0 amide bonds. The summed E-state index contributed by atoms with van der Waals surface area (Å²) in [6.45, 7) is 1.23. The summed E-state index contributed by atoms with van der Waals surface area (Å²) >= 11 is 0. The molecular weight excluding hydrogens is 255 g/mol. The maximum absolute atomic E-state index is 11.5. The molecule has 0 heterocycles. The number of nitrogens with two attached hydrogens (primary N) is 4. The average Bonchev–Trinajstić information content (AvgIpc) is 2.29. The maximum atomic E-state index is 11.5. The molecule has 2 atom stereocenters. The zero-order valence-electron chi connectivity index (χ0n) is 10.8. The second kappa shape index (κ2) is 12.0. The molecule has 110 valence electrons. The molecule has 0 aromatic carbocycles. The lowest BCUT2D eigenvalue weighted by atomic mass is 10.2. The summed E-state index contributed by atoms with van der Waals surface area (Å²) < 4.78 is 21.5. The van der Waals surface area contributed by atoms with Gasteiger partial charge in [0.25, 0.3) is 0 Å². The van der Waals surface area contributed by atoms with Gasteiger partial charge in [-0.2, -0.15) is 0 Å². The molecule has 0 saturated heterocycles. The third-order valence-electron chi connectivity index (χ3n) is 2.38. The average molecular weight is 282 g/mol. The summed E-state index contributed by atoms with van der Waals surface area (Å²) in [5, 5.41) is 0. The Balaban J connectivity index is 3.61. The second-order valence-electron chi connectivity index (χ2n) is 4.13. The van der Waals surface area contributed by atoms with Crippen LogP contribution in [-0.4, -0.2) is 25.5 Å². The van der Waals surface area contributed by atoms with Crippen LogP contribution < -0.4 is 22.9 Å². The molecule has 7 nitrogen and oxygen atoms in total. The third kappa shape index (κ3) is 11.1. The maximum Gasteiger partial charge on any atom is 0.322 e. The first-order valence-electron chi connectivity index (χ1n) is 6.38. The van der Waals surface area contributed by atoms with Gasteiger partial charge in [0.15, 0.2) is 0 Å². The molecule has 2 unspecified atom stereocenters. The van der Waals surface area contributed by atoms with Crippen molar-refractivity contribution in [3.8, 4) is 0 Å². The molecule has 0 bridgehead atoms. The Morgan fingerprint density at radius 3 is 1.56 bits per heavy atom. The smallest absolute Gasteiger partial charge is 0.322 e. The van der Waals surface area contributed by atoms with Crippen LogP contribution in [0.3, 0.4) is 0 Å². The first-order valence-corrected chi connectivity index (χ1v) is 7.61. The minimum Gasteiger partial charge on any atom is -0.330 e. The van der Waals surface area contributed by atoms with Gasteiger partial charge in [-0.15, -0.1) is 0 Å². The van der Waals surface area contributed by atoms with Gasteiger partial charge in [0.1, 0.15) is 12.5 Å². The van der Waals surface area contributed by atoms with Crippen molar-refractivity contribution in [3.05, 3.63) is 0 Å². The highest BCUT2D eigenvalue weighted by molar-refractivity contribution is 7.33. The molecule has 8 N–H and O–H groups in total. The van der Waals surface area contributed by atoms with Crippen LogP contribution >= 0.6 is 8.25 Å². The molecule has 0 radical (unpaired) electrons. The van der Waals surface area contributed by atoms with E-state index in [0.717, 1.165) is 25.7 Å². The topological polar surface area (TPSA) is 140 Å². The fourth-order valence-electron chi connectivity index (χ4n) is 1.37. The van der Waals surface area contributed by atoms with Crippen LogP contribution in [0, 0.1) is 0 Å². The van der Waals surface area contributed by atoms with Crippen LogP contribution in [0.25, 0.3) is 0 Å². The Morgan fingerprint density at radius 1 is 0.833 bits per heavy atom. The summed E-state index contributed by atoms with van der Waals surface area (Å²) in [5.74, 6) is 0. The van der Waals surface area contributed by atoms with E-state index >= 15 is 0 Å². The molecule has 0 aliphatic carbocycles. The van der Waals surface area contributed by atoms with Crippen molar-refractivity contribution in [2.45, 2.75) is 51.0 Å². The molecule has 0 saturated carbocycles. The molecule has 0 aliphatic heterocycles. The Kier molecular flexibility index (Phi) is 12.0. The van der Waals surface area contributed by atoms with Crippen LogP contribution in [-0.2, 0) is 13.6 Å². The molecule has 0 aliphatic rings. The van der Waals surface area contributed by atoms with Crippen LogP contribution in [0.2, 0.25) is 0 Å². The first kappa shape index (κ1) is 18.0. The minimum atomic E-state index is -2.62. The van der Waals surface area contributed by atoms with Gasteiger partial charge in [0.2, 0.25) is 0 Å². The molecular formula is C10H27N4O3P. The monoisotopic (exact) mass is 282 g/mol. The van der Waals surface area contributed by atoms with E-state index in [1.165, 1.54) is 0 Å². The third-order valence-corrected chi connectivity index (χ3v) is 3.37. The summed E-state index contributed by atoms with van der Waals surface area (Å²) in [7, 11) is -2.62. The van der Waals surface area contributed by atoms with E-state index in [1.807, 2.05) is 0 Å². The van der Waals surface area contributed by atoms with Crippen molar-refractivity contribution >= 4 is 8.25 Å². The number of hydrogen-bond donors (Lipinski definition) is 4. The molecule has 0 rings (SSSR count). The quantitative estimate of drug-likeness (QED) is 0.228. The minimum absolute atomic E-state index is 0.584. The Hall–Kier alpha value is -0.0100. The fourth-order valence-corrected chi connectivity index (χ4v) is 2.16. The van der Waals surface area contributed by atoms with Crippen molar-refractivity contribution in [1.29, 1.82) is 0 Å². The van der Waals surface area contributed by atoms with Crippen molar-refractivity contribution in [2.24, 2.45) is 22.9 Å². The highest BCUT2D eigenvalue weighted by Crippen LogP contribution is 2.28. The molecule has 0 spiro atoms. The Labute approximate surface area is 109 Å². The van der Waals surface area contributed by atoms with Gasteiger partial charge in [0, 0.05) is 0 Å². The predicted octanol–water partition coefficient (Wildman–Crippen LogP) is 0.237. The van der Waals surface area contributed by atoms with Crippen LogP contribution in [0.1, 0.15) is 38.5 Å². The normalized spacial score (nSPS) is 16.4. The molecule has 8 heteroatoms. The zero-order valence-corrected chi connectivity index (χ0v) is 11.8. The lowest BCUT2D eigenvalue weighted by Gasteiger charge is -2.16. The van der Waals surface area contributed by atoms with E-state index in [0.29, 0.717) is 25.9 Å². The van der Waals surface area contributed by atoms with Crippen LogP contribution in [0.4, 0.5) is 0 Å². The second-order valence-corrected chi connectivity index (χ2v) is 5.10. The molecule has 0 aromatic heterocycles. The Bertz CT molecular complexity index is 201. The Morgan fingerprint density at radius 2 is 1.22 bits per heavy atom. The van der Waals surface area contributed by atoms with Crippen molar-refractivity contribution in [3.63, 3.8) is 0 Å². The van der Waals surface area contributed by atoms with Gasteiger partial charge in [-0.1, -0.05) is 0 Å². The summed E-state index contributed by atoms with van der Waals surface area (Å²) in [6.07, 6.45) is 3.48. The highest BCUT2D eigenvalue weighted by atomic mass is 31.1. The van der Waals surface area contributed by atoms with Gasteiger partial charge >= 0.3 is 8.25 Å². The fraction of sp³-hybridized carbons (Fsp3) is 1.00. The zero-order chi connectivity index (χ0) is 13.8. The summed E-state index contributed by atoms with van der Waals surface area (Å²) in [4.78, 5) is 0. The van der Waals surface area contributed by atoms with Gasteiger partial charge in [-0.3, -0.25) is 13.6 Å². The van der Waals surface area contributed by atoms with Crippen LogP contribution in [0.5, 0.6) is 0 Å². The number of unbranched alkanes of at least 4 members (excludes halogenated alkanes) is 2. The van der Waals surface area contributed by atoms with Crippen LogP contribution in [0.15, 0.2) is 0 Å². The lowest BCUT2D eigenvalue weighted by Crippen LogP contribution is -2.24. The predicted molar refractivity (Wildman–Crippen MR) is 72.9 cm³/mol. The van der Waals surface area contributed by atoms with E-state index in [2.05, 4.69) is 0 Å². The number of hydrogen-bond acceptors (Lipinski definition) is 7. The van der Waals surface area contributed by atoms with E-state index in [1.54, 1.807) is 0 Å². The molecule has 0 aromatic rings. The van der Waals surface area contributed by atoms with Gasteiger partial charge in [-0.05, 0) is 51.6 Å². The van der Waals surface area contributed by atoms with E-state index in [9.17, 15) is 4.57 Å². The van der Waals surface area contributed by atoms with Crippen molar-refractivity contribution in [2.75, 3.05) is 13.1 Å². The lowest BCUT2D eigenvalue weighted by molar-refractivity contribution is 0.123. The first-order chi connectivity index (χ1) is 8.60. The molecule has 18 heavy (non-hydrogen) atoms.